The van der Waals surface area contributed by atoms with Gasteiger partial charge in [-0.2, -0.15) is 0 Å². The average Bonchev–Trinajstić information content (AvgIpc) is 2.91. The number of H-pyrrole nitrogens is 1. The predicted molar refractivity (Wildman–Crippen MR) is 68.1 cm³/mol. The highest BCUT2D eigenvalue weighted by molar-refractivity contribution is 5.81. The van der Waals surface area contributed by atoms with Crippen LogP contribution in [0, 0.1) is 6.92 Å². The van der Waals surface area contributed by atoms with Crippen molar-refractivity contribution in [2.45, 2.75) is 26.4 Å². The zero-order valence-corrected chi connectivity index (χ0v) is 10.3. The van der Waals surface area contributed by atoms with Gasteiger partial charge in [-0.25, -0.2) is 14.8 Å². The molecule has 0 amide bonds. The topological polar surface area (TPSA) is 92.8 Å². The molecule has 96 valence electrons. The van der Waals surface area contributed by atoms with Gasteiger partial charge in [0.05, 0.1) is 6.67 Å². The fourth-order valence-electron chi connectivity index (χ4n) is 2.42. The Balaban J connectivity index is 2.09. The van der Waals surface area contributed by atoms with E-state index in [9.17, 15) is 4.79 Å². The van der Waals surface area contributed by atoms with Crippen molar-refractivity contribution in [2.24, 2.45) is 0 Å². The third kappa shape index (κ3) is 1.76. The summed E-state index contributed by atoms with van der Waals surface area (Å²) in [5, 5.41) is 0. The number of nitrogens with zero attached hydrogens (tertiary/aromatic N) is 4. The van der Waals surface area contributed by atoms with Gasteiger partial charge in [-0.15, -0.1) is 0 Å². The molecule has 2 aromatic rings. The van der Waals surface area contributed by atoms with Crippen molar-refractivity contribution in [2.75, 3.05) is 18.8 Å². The highest BCUT2D eigenvalue weighted by Crippen LogP contribution is 2.15. The maximum absolute atomic E-state index is 11.9. The SMILES string of the molecule is Cc1nc(N)c2[nH]c(=O)n(CN3CCCC3)c2n1. The van der Waals surface area contributed by atoms with Gasteiger partial charge in [0.15, 0.2) is 11.5 Å². The Morgan fingerprint density at radius 2 is 2.06 bits per heavy atom. The summed E-state index contributed by atoms with van der Waals surface area (Å²) < 4.78 is 1.63. The smallest absolute Gasteiger partial charge is 0.328 e. The monoisotopic (exact) mass is 248 g/mol. The molecule has 3 heterocycles. The summed E-state index contributed by atoms with van der Waals surface area (Å²) in [7, 11) is 0. The number of aromatic nitrogens is 4. The first-order valence-corrected chi connectivity index (χ1v) is 6.10. The first-order valence-electron chi connectivity index (χ1n) is 6.10. The third-order valence-electron chi connectivity index (χ3n) is 3.30. The zero-order chi connectivity index (χ0) is 12.7. The molecule has 18 heavy (non-hydrogen) atoms. The first-order chi connectivity index (χ1) is 8.65. The molecule has 0 atom stereocenters. The Morgan fingerprint density at radius 3 is 2.78 bits per heavy atom. The van der Waals surface area contributed by atoms with Gasteiger partial charge in [0, 0.05) is 0 Å². The maximum Gasteiger partial charge on any atom is 0.328 e. The highest BCUT2D eigenvalue weighted by Gasteiger charge is 2.17. The summed E-state index contributed by atoms with van der Waals surface area (Å²) in [6, 6.07) is 0. The largest absolute Gasteiger partial charge is 0.382 e. The van der Waals surface area contributed by atoms with E-state index in [1.807, 2.05) is 0 Å². The molecule has 0 aliphatic carbocycles. The van der Waals surface area contributed by atoms with Crippen LogP contribution >= 0.6 is 0 Å². The summed E-state index contributed by atoms with van der Waals surface area (Å²) >= 11 is 0. The highest BCUT2D eigenvalue weighted by atomic mass is 16.1. The van der Waals surface area contributed by atoms with E-state index in [-0.39, 0.29) is 5.69 Å². The summed E-state index contributed by atoms with van der Waals surface area (Å²) in [6.45, 7) is 4.39. The van der Waals surface area contributed by atoms with Crippen LogP contribution < -0.4 is 11.4 Å². The van der Waals surface area contributed by atoms with E-state index >= 15 is 0 Å². The number of likely N-dealkylation sites (tertiary alicyclic amines) is 1. The van der Waals surface area contributed by atoms with Crippen LogP contribution in [0.1, 0.15) is 18.7 Å². The van der Waals surface area contributed by atoms with Crippen LogP contribution in [0.3, 0.4) is 0 Å². The standard InChI is InChI=1S/C11H16N6O/c1-7-13-9(12)8-10(14-7)17(11(18)15-8)6-16-4-2-3-5-16/h2-6H2,1H3,(H,15,18)(H2,12,13,14). The minimum absolute atomic E-state index is 0.177. The second-order valence-electron chi connectivity index (χ2n) is 4.68. The fourth-order valence-corrected chi connectivity index (χ4v) is 2.42. The molecule has 0 radical (unpaired) electrons. The van der Waals surface area contributed by atoms with Gasteiger partial charge in [0.1, 0.15) is 11.3 Å². The molecule has 0 unspecified atom stereocenters. The van der Waals surface area contributed by atoms with Gasteiger partial charge in [-0.05, 0) is 32.9 Å². The zero-order valence-electron chi connectivity index (χ0n) is 10.3. The molecule has 0 aromatic carbocycles. The first kappa shape index (κ1) is 11.2. The number of imidazole rings is 1. The van der Waals surface area contributed by atoms with Gasteiger partial charge in [-0.1, -0.05) is 0 Å². The molecule has 1 aliphatic heterocycles. The summed E-state index contributed by atoms with van der Waals surface area (Å²) in [5.41, 5.74) is 6.75. The number of hydrogen-bond donors (Lipinski definition) is 2. The second-order valence-corrected chi connectivity index (χ2v) is 4.68. The van der Waals surface area contributed by atoms with Gasteiger partial charge in [0.25, 0.3) is 0 Å². The quantitative estimate of drug-likeness (QED) is 0.784. The van der Waals surface area contributed by atoms with Crippen molar-refractivity contribution in [3.8, 4) is 0 Å². The van der Waals surface area contributed by atoms with Gasteiger partial charge in [-0.3, -0.25) is 9.47 Å². The lowest BCUT2D eigenvalue weighted by molar-refractivity contribution is 0.270. The van der Waals surface area contributed by atoms with Gasteiger partial charge < -0.3 is 10.7 Å². The number of hydrogen-bond acceptors (Lipinski definition) is 5. The van der Waals surface area contributed by atoms with Crippen molar-refractivity contribution in [3.63, 3.8) is 0 Å². The van der Waals surface area contributed by atoms with Crippen molar-refractivity contribution in [1.82, 2.24) is 24.4 Å². The maximum atomic E-state index is 11.9. The third-order valence-corrected chi connectivity index (χ3v) is 3.30. The molecule has 3 N–H and O–H groups in total. The predicted octanol–water partition coefficient (Wildman–Crippen LogP) is 0.0635. The summed E-state index contributed by atoms with van der Waals surface area (Å²) in [5.74, 6) is 0.906. The van der Waals surface area contributed by atoms with Crippen LogP contribution in [0.15, 0.2) is 4.79 Å². The minimum Gasteiger partial charge on any atom is -0.382 e. The van der Waals surface area contributed by atoms with E-state index in [4.69, 9.17) is 5.73 Å². The normalized spacial score (nSPS) is 16.7. The molecule has 0 saturated carbocycles. The molecular weight excluding hydrogens is 232 g/mol. The number of fused-ring (bicyclic) bond motifs is 1. The van der Waals surface area contributed by atoms with E-state index in [0.29, 0.717) is 29.5 Å². The molecule has 1 fully saturated rings. The van der Waals surface area contributed by atoms with E-state index in [1.165, 1.54) is 12.8 Å². The number of anilines is 1. The number of nitrogen functional groups attached to an aromatic ring is 1. The summed E-state index contributed by atoms with van der Waals surface area (Å²) in [6.07, 6.45) is 2.38. The van der Waals surface area contributed by atoms with Crippen molar-refractivity contribution >= 4 is 17.0 Å². The van der Waals surface area contributed by atoms with Crippen LogP contribution in [-0.4, -0.2) is 37.5 Å². The van der Waals surface area contributed by atoms with Crippen LogP contribution in [0.25, 0.3) is 11.2 Å². The number of rotatable bonds is 2. The molecule has 0 bridgehead atoms. The molecule has 3 rings (SSSR count). The molecule has 7 nitrogen and oxygen atoms in total. The Bertz CT molecular complexity index is 637. The lowest BCUT2D eigenvalue weighted by Crippen LogP contribution is -2.29. The Morgan fingerprint density at radius 1 is 1.33 bits per heavy atom. The van der Waals surface area contributed by atoms with Crippen molar-refractivity contribution in [3.05, 3.63) is 16.3 Å². The summed E-state index contributed by atoms with van der Waals surface area (Å²) in [4.78, 5) is 25.3. The average molecular weight is 248 g/mol. The minimum atomic E-state index is -0.177. The van der Waals surface area contributed by atoms with Crippen molar-refractivity contribution < 1.29 is 0 Å². The number of nitrogens with two attached hydrogens (primary N) is 1. The van der Waals surface area contributed by atoms with E-state index in [2.05, 4.69) is 19.9 Å². The molecule has 1 aliphatic rings. The second kappa shape index (κ2) is 4.09. The number of aryl methyl sites for hydroxylation is 1. The Kier molecular flexibility index (Phi) is 2.55. The number of nitrogens with one attached hydrogen (secondary N) is 1. The molecule has 2 aromatic heterocycles. The van der Waals surface area contributed by atoms with E-state index in [1.54, 1.807) is 11.5 Å². The lowest BCUT2D eigenvalue weighted by Gasteiger charge is -2.14. The van der Waals surface area contributed by atoms with Gasteiger partial charge in [0.2, 0.25) is 0 Å². The van der Waals surface area contributed by atoms with Gasteiger partial charge >= 0.3 is 5.69 Å². The van der Waals surface area contributed by atoms with E-state index < -0.39 is 0 Å². The lowest BCUT2D eigenvalue weighted by atomic mass is 10.4. The van der Waals surface area contributed by atoms with Crippen LogP contribution in [-0.2, 0) is 6.67 Å². The van der Waals surface area contributed by atoms with Crippen molar-refractivity contribution in [1.29, 1.82) is 0 Å². The molecule has 7 heteroatoms. The van der Waals surface area contributed by atoms with Crippen LogP contribution in [0.4, 0.5) is 5.82 Å². The molecule has 1 saturated heterocycles. The molecule has 0 spiro atoms. The molecular formula is C11H16N6O. The Labute approximate surface area is 104 Å². The van der Waals surface area contributed by atoms with E-state index in [0.717, 1.165) is 13.1 Å². The fraction of sp³-hybridized carbons (Fsp3) is 0.545. The number of aromatic amines is 1. The Hall–Kier alpha value is -1.89. The van der Waals surface area contributed by atoms with Crippen LogP contribution in [0.5, 0.6) is 0 Å². The van der Waals surface area contributed by atoms with Crippen LogP contribution in [0.2, 0.25) is 0 Å².